The second kappa shape index (κ2) is 8.23. The van der Waals surface area contributed by atoms with Crippen molar-refractivity contribution in [3.8, 4) is 0 Å². The second-order valence-corrected chi connectivity index (χ2v) is 8.25. The first kappa shape index (κ1) is 18.9. The quantitative estimate of drug-likeness (QED) is 0.878. The molecule has 3 heterocycles. The molecule has 6 heteroatoms. The van der Waals surface area contributed by atoms with Crippen molar-refractivity contribution in [2.24, 2.45) is 11.8 Å². The summed E-state index contributed by atoms with van der Waals surface area (Å²) in [5.74, 6) is 1.53. The molecule has 0 bridgehead atoms. The van der Waals surface area contributed by atoms with Gasteiger partial charge in [-0.25, -0.2) is 4.98 Å². The SMILES string of the molecule is CC(C)CCNC(=O)c1nc(C(=O)N2CCC(C)CC2)n2c1CCCC2. The molecular formula is C20H32N4O2. The van der Waals surface area contributed by atoms with E-state index < -0.39 is 0 Å². The van der Waals surface area contributed by atoms with E-state index in [1.54, 1.807) is 0 Å². The Balaban J connectivity index is 1.79. The molecule has 1 saturated heterocycles. The van der Waals surface area contributed by atoms with Gasteiger partial charge in [0.1, 0.15) is 5.69 Å². The number of nitrogens with zero attached hydrogens (tertiary/aromatic N) is 3. The minimum absolute atomic E-state index is 0.0127. The maximum Gasteiger partial charge on any atom is 0.289 e. The number of fused-ring (bicyclic) bond motifs is 1. The van der Waals surface area contributed by atoms with Crippen molar-refractivity contribution >= 4 is 11.8 Å². The summed E-state index contributed by atoms with van der Waals surface area (Å²) in [5, 5.41) is 2.98. The highest BCUT2D eigenvalue weighted by Crippen LogP contribution is 2.24. The molecule has 0 atom stereocenters. The molecule has 1 N–H and O–H groups in total. The number of carbonyl (C=O) groups is 2. The average Bonchev–Trinajstić information content (AvgIpc) is 3.01. The van der Waals surface area contributed by atoms with Gasteiger partial charge in [-0.3, -0.25) is 9.59 Å². The average molecular weight is 361 g/mol. The van der Waals surface area contributed by atoms with Gasteiger partial charge in [0.25, 0.3) is 11.8 Å². The lowest BCUT2D eigenvalue weighted by Crippen LogP contribution is -2.39. The molecule has 1 aromatic rings. The number of rotatable bonds is 5. The van der Waals surface area contributed by atoms with Crippen molar-refractivity contribution in [3.63, 3.8) is 0 Å². The summed E-state index contributed by atoms with van der Waals surface area (Å²) in [7, 11) is 0. The fraction of sp³-hybridized carbons (Fsp3) is 0.750. The molecule has 2 aliphatic heterocycles. The summed E-state index contributed by atoms with van der Waals surface area (Å²) < 4.78 is 2.00. The van der Waals surface area contributed by atoms with Crippen LogP contribution in [0.1, 0.15) is 79.7 Å². The fourth-order valence-electron chi connectivity index (χ4n) is 3.80. The van der Waals surface area contributed by atoms with Crippen LogP contribution in [0.4, 0.5) is 0 Å². The molecule has 26 heavy (non-hydrogen) atoms. The molecule has 0 radical (unpaired) electrons. The van der Waals surface area contributed by atoms with E-state index in [-0.39, 0.29) is 11.8 Å². The number of piperidine rings is 1. The standard InChI is InChI=1S/C20H32N4O2/c1-14(2)7-10-21-19(25)17-16-6-4-5-11-24(16)18(22-17)20(26)23-12-8-15(3)9-13-23/h14-15H,4-13H2,1-3H3,(H,21,25). The Morgan fingerprint density at radius 1 is 1.19 bits per heavy atom. The van der Waals surface area contributed by atoms with Crippen molar-refractivity contribution in [3.05, 3.63) is 17.2 Å². The van der Waals surface area contributed by atoms with Gasteiger partial charge in [-0.2, -0.15) is 0 Å². The Morgan fingerprint density at radius 2 is 1.92 bits per heavy atom. The highest BCUT2D eigenvalue weighted by molar-refractivity contribution is 5.97. The number of amides is 2. The van der Waals surface area contributed by atoms with E-state index in [1.807, 2.05) is 9.47 Å². The predicted molar refractivity (Wildman–Crippen MR) is 101 cm³/mol. The van der Waals surface area contributed by atoms with Gasteiger partial charge in [0.2, 0.25) is 0 Å². The fourth-order valence-corrected chi connectivity index (χ4v) is 3.80. The molecule has 0 spiro atoms. The third kappa shape index (κ3) is 4.10. The number of nitrogens with one attached hydrogen (secondary N) is 1. The summed E-state index contributed by atoms with van der Waals surface area (Å²) in [6, 6.07) is 0. The van der Waals surface area contributed by atoms with E-state index in [0.29, 0.717) is 29.9 Å². The van der Waals surface area contributed by atoms with E-state index in [0.717, 1.165) is 63.9 Å². The van der Waals surface area contributed by atoms with E-state index in [1.165, 1.54) is 0 Å². The van der Waals surface area contributed by atoms with Crippen LogP contribution in [0.2, 0.25) is 0 Å². The van der Waals surface area contributed by atoms with Gasteiger partial charge < -0.3 is 14.8 Å². The van der Waals surface area contributed by atoms with Crippen molar-refractivity contribution in [2.75, 3.05) is 19.6 Å². The first-order valence-electron chi connectivity index (χ1n) is 10.1. The largest absolute Gasteiger partial charge is 0.351 e. The number of hydrogen-bond acceptors (Lipinski definition) is 3. The van der Waals surface area contributed by atoms with E-state index in [4.69, 9.17) is 0 Å². The maximum absolute atomic E-state index is 13.0. The first-order chi connectivity index (χ1) is 12.5. The minimum Gasteiger partial charge on any atom is -0.351 e. The van der Waals surface area contributed by atoms with Crippen LogP contribution in [0.25, 0.3) is 0 Å². The van der Waals surface area contributed by atoms with Crippen LogP contribution in [-0.4, -0.2) is 45.9 Å². The van der Waals surface area contributed by atoms with Gasteiger partial charge in [0.05, 0.1) is 5.69 Å². The zero-order valence-electron chi connectivity index (χ0n) is 16.4. The monoisotopic (exact) mass is 360 g/mol. The zero-order valence-corrected chi connectivity index (χ0v) is 16.4. The number of aromatic nitrogens is 2. The molecule has 144 valence electrons. The second-order valence-electron chi connectivity index (χ2n) is 8.25. The van der Waals surface area contributed by atoms with Crippen LogP contribution in [-0.2, 0) is 13.0 Å². The van der Waals surface area contributed by atoms with Crippen LogP contribution in [0.15, 0.2) is 0 Å². The molecule has 0 unspecified atom stereocenters. The molecular weight excluding hydrogens is 328 g/mol. The molecule has 1 aromatic heterocycles. The Morgan fingerprint density at radius 3 is 2.62 bits per heavy atom. The Labute approximate surface area is 156 Å². The van der Waals surface area contributed by atoms with Gasteiger partial charge >= 0.3 is 0 Å². The van der Waals surface area contributed by atoms with Crippen molar-refractivity contribution in [1.82, 2.24) is 19.8 Å². The lowest BCUT2D eigenvalue weighted by molar-refractivity contribution is 0.0678. The van der Waals surface area contributed by atoms with Crippen molar-refractivity contribution in [2.45, 2.75) is 65.8 Å². The summed E-state index contributed by atoms with van der Waals surface area (Å²) >= 11 is 0. The molecule has 2 amide bonds. The van der Waals surface area contributed by atoms with Gasteiger partial charge in [-0.05, 0) is 50.4 Å². The number of carbonyl (C=O) groups excluding carboxylic acids is 2. The lowest BCUT2D eigenvalue weighted by Gasteiger charge is -2.30. The maximum atomic E-state index is 13.0. The molecule has 2 aliphatic rings. The number of likely N-dealkylation sites (tertiary alicyclic amines) is 1. The Hall–Kier alpha value is -1.85. The molecule has 0 aliphatic carbocycles. The predicted octanol–water partition coefficient (Wildman–Crippen LogP) is 2.87. The van der Waals surface area contributed by atoms with Crippen LogP contribution >= 0.6 is 0 Å². The van der Waals surface area contributed by atoms with Gasteiger partial charge in [0.15, 0.2) is 5.82 Å². The summed E-state index contributed by atoms with van der Waals surface area (Å²) in [4.78, 5) is 32.1. The highest BCUT2D eigenvalue weighted by atomic mass is 16.2. The molecule has 0 aromatic carbocycles. The van der Waals surface area contributed by atoms with Crippen LogP contribution < -0.4 is 5.32 Å². The highest BCUT2D eigenvalue weighted by Gasteiger charge is 2.30. The van der Waals surface area contributed by atoms with Crippen LogP contribution in [0.5, 0.6) is 0 Å². The van der Waals surface area contributed by atoms with Crippen molar-refractivity contribution in [1.29, 1.82) is 0 Å². The van der Waals surface area contributed by atoms with E-state index in [9.17, 15) is 9.59 Å². The molecule has 0 saturated carbocycles. The summed E-state index contributed by atoms with van der Waals surface area (Å²) in [6.07, 6.45) is 5.94. The van der Waals surface area contributed by atoms with E-state index >= 15 is 0 Å². The van der Waals surface area contributed by atoms with E-state index in [2.05, 4.69) is 31.1 Å². The van der Waals surface area contributed by atoms with Gasteiger partial charge in [0, 0.05) is 26.2 Å². The topological polar surface area (TPSA) is 67.2 Å². The Kier molecular flexibility index (Phi) is 5.99. The summed E-state index contributed by atoms with van der Waals surface area (Å²) in [5.41, 5.74) is 1.40. The molecule has 1 fully saturated rings. The number of imidazole rings is 1. The smallest absolute Gasteiger partial charge is 0.289 e. The first-order valence-corrected chi connectivity index (χ1v) is 10.1. The summed E-state index contributed by atoms with van der Waals surface area (Å²) in [6.45, 7) is 9.53. The van der Waals surface area contributed by atoms with Gasteiger partial charge in [-0.15, -0.1) is 0 Å². The Bertz CT molecular complexity index is 657. The normalized spacial score (nSPS) is 18.1. The van der Waals surface area contributed by atoms with Gasteiger partial charge in [-0.1, -0.05) is 20.8 Å². The third-order valence-electron chi connectivity index (χ3n) is 5.60. The number of hydrogen-bond donors (Lipinski definition) is 1. The molecule has 6 nitrogen and oxygen atoms in total. The zero-order chi connectivity index (χ0) is 18.7. The van der Waals surface area contributed by atoms with Crippen molar-refractivity contribution < 1.29 is 9.59 Å². The lowest BCUT2D eigenvalue weighted by atomic mass is 9.99. The third-order valence-corrected chi connectivity index (χ3v) is 5.60. The minimum atomic E-state index is -0.136. The van der Waals surface area contributed by atoms with Crippen LogP contribution in [0.3, 0.4) is 0 Å². The molecule has 3 rings (SSSR count). The van der Waals surface area contributed by atoms with Crippen LogP contribution in [0, 0.1) is 11.8 Å².